The lowest BCUT2D eigenvalue weighted by Crippen LogP contribution is -2.32. The van der Waals surface area contributed by atoms with E-state index in [1.807, 2.05) is 0 Å². The molecule has 2 rings (SSSR count). The van der Waals surface area contributed by atoms with Gasteiger partial charge in [0.15, 0.2) is 0 Å². The van der Waals surface area contributed by atoms with Crippen molar-refractivity contribution in [3.63, 3.8) is 0 Å². The highest BCUT2D eigenvalue weighted by molar-refractivity contribution is 7.91. The summed E-state index contributed by atoms with van der Waals surface area (Å²) < 4.78 is 41.6. The van der Waals surface area contributed by atoms with Crippen molar-refractivity contribution < 1.29 is 22.4 Å². The van der Waals surface area contributed by atoms with Crippen molar-refractivity contribution >= 4 is 39.2 Å². The maximum atomic E-state index is 14.0. The molecule has 1 aromatic carbocycles. The van der Waals surface area contributed by atoms with E-state index in [9.17, 15) is 22.4 Å². The molecule has 11 nitrogen and oxygen atoms in total. The second-order valence-corrected chi connectivity index (χ2v) is 8.91. The zero-order valence-corrected chi connectivity index (χ0v) is 18.4. The average molecular weight is 489 g/mol. The highest BCUT2D eigenvalue weighted by Crippen LogP contribution is 2.27. The Morgan fingerprint density at radius 2 is 2.06 bits per heavy atom. The molecule has 0 spiro atoms. The third-order valence-electron chi connectivity index (χ3n) is 4.26. The lowest BCUT2D eigenvalue weighted by molar-refractivity contribution is -0.120. The molecule has 14 heteroatoms. The first-order valence-corrected chi connectivity index (χ1v) is 11.1. The highest BCUT2D eigenvalue weighted by atomic mass is 35.5. The molecule has 1 unspecified atom stereocenters. The van der Waals surface area contributed by atoms with E-state index >= 15 is 0 Å². The molecule has 8 N–H and O–H groups in total. The van der Waals surface area contributed by atoms with Gasteiger partial charge in [0, 0.05) is 16.3 Å². The number of amides is 1. The number of hydroxylamine groups is 1. The van der Waals surface area contributed by atoms with E-state index in [2.05, 4.69) is 15.2 Å². The van der Waals surface area contributed by atoms with E-state index in [-0.39, 0.29) is 29.2 Å². The van der Waals surface area contributed by atoms with E-state index in [0.29, 0.717) is 5.69 Å². The number of aromatic nitrogens is 1. The molecule has 1 heterocycles. The van der Waals surface area contributed by atoms with Gasteiger partial charge in [-0.25, -0.2) is 18.3 Å². The van der Waals surface area contributed by atoms with Crippen LogP contribution in [-0.2, 0) is 25.4 Å². The van der Waals surface area contributed by atoms with Crippen molar-refractivity contribution in [3.8, 4) is 0 Å². The molecule has 2 aromatic rings. The van der Waals surface area contributed by atoms with Gasteiger partial charge >= 0.3 is 0 Å². The second kappa shape index (κ2) is 10.4. The van der Waals surface area contributed by atoms with Gasteiger partial charge in [-0.3, -0.25) is 24.6 Å². The molecule has 0 bridgehead atoms. The van der Waals surface area contributed by atoms with Crippen LogP contribution in [0.1, 0.15) is 29.2 Å². The highest BCUT2D eigenvalue weighted by Gasteiger charge is 2.27. The van der Waals surface area contributed by atoms with E-state index in [4.69, 9.17) is 33.3 Å². The topological polar surface area (TPSA) is 193 Å². The summed E-state index contributed by atoms with van der Waals surface area (Å²) in [7, 11) is -4.32. The summed E-state index contributed by atoms with van der Waals surface area (Å²) in [5.74, 6) is -4.12. The van der Waals surface area contributed by atoms with Gasteiger partial charge in [-0.1, -0.05) is 17.7 Å². The molecule has 32 heavy (non-hydrogen) atoms. The molecule has 0 aliphatic carbocycles. The molecule has 0 aliphatic heterocycles. The standard InChI is InChI=1S/C18H22ClFN6O5S/c1-9-7-11(10(16(21)27)5-6-31-25-18(22)23)15(17(28)24-9)26-32(29,30)8-12-13(19)3-2-4-14(12)20/h2-4,7,10,26H,5-6,8H2,1H3,(H2,21,27)(H,24,28)(H4,22,23,25). The number of aromatic amines is 1. The SMILES string of the molecule is Cc1cc(C(CCONC(=N)N)C(N)=O)c(NS(=O)(=O)Cc2c(F)cccc2Cl)c(=O)[nH]1. The van der Waals surface area contributed by atoms with Gasteiger partial charge in [0.2, 0.25) is 21.9 Å². The predicted molar refractivity (Wildman–Crippen MR) is 117 cm³/mol. The van der Waals surface area contributed by atoms with Crippen molar-refractivity contribution in [2.24, 2.45) is 11.5 Å². The zero-order valence-electron chi connectivity index (χ0n) is 16.9. The maximum absolute atomic E-state index is 14.0. The third-order valence-corrected chi connectivity index (χ3v) is 5.80. The van der Waals surface area contributed by atoms with Crippen LogP contribution in [0, 0.1) is 18.2 Å². The molecule has 0 aliphatic rings. The molecule has 174 valence electrons. The van der Waals surface area contributed by atoms with Crippen LogP contribution in [0.5, 0.6) is 0 Å². The van der Waals surface area contributed by atoms with E-state index in [1.165, 1.54) is 25.1 Å². The van der Waals surface area contributed by atoms with Crippen molar-refractivity contribution in [2.45, 2.75) is 25.0 Å². The number of nitrogens with two attached hydrogens (primary N) is 2. The Labute approximate surface area is 187 Å². The predicted octanol–water partition coefficient (Wildman–Crippen LogP) is 0.791. The number of H-pyrrole nitrogens is 1. The van der Waals surface area contributed by atoms with Gasteiger partial charge in [0.25, 0.3) is 5.56 Å². The quantitative estimate of drug-likeness (QED) is 0.123. The molecule has 0 radical (unpaired) electrons. The summed E-state index contributed by atoms with van der Waals surface area (Å²) in [5, 5.41) is 6.93. The number of pyridine rings is 1. The maximum Gasteiger partial charge on any atom is 0.272 e. The number of anilines is 1. The first-order chi connectivity index (χ1) is 14.9. The Morgan fingerprint density at radius 1 is 1.38 bits per heavy atom. The van der Waals surface area contributed by atoms with Crippen LogP contribution in [0.15, 0.2) is 29.1 Å². The smallest absolute Gasteiger partial charge is 0.272 e. The van der Waals surface area contributed by atoms with Gasteiger partial charge < -0.3 is 16.5 Å². The summed E-state index contributed by atoms with van der Waals surface area (Å²) in [6.07, 6.45) is -0.0631. The van der Waals surface area contributed by atoms with Gasteiger partial charge in [-0.05, 0) is 37.1 Å². The van der Waals surface area contributed by atoms with E-state index in [0.717, 1.165) is 6.07 Å². The number of benzene rings is 1. The minimum absolute atomic E-state index is 0.00776. The fourth-order valence-electron chi connectivity index (χ4n) is 2.90. The van der Waals surface area contributed by atoms with Crippen molar-refractivity contribution in [2.75, 3.05) is 11.3 Å². The van der Waals surface area contributed by atoms with Gasteiger partial charge in [-0.15, -0.1) is 0 Å². The van der Waals surface area contributed by atoms with Crippen LogP contribution >= 0.6 is 11.6 Å². The Kier molecular flexibility index (Phi) is 8.19. The summed E-state index contributed by atoms with van der Waals surface area (Å²) >= 11 is 5.90. The molecule has 1 atom stereocenters. The van der Waals surface area contributed by atoms with Crippen LogP contribution in [0.25, 0.3) is 0 Å². The number of halogens is 2. The van der Waals surface area contributed by atoms with Crippen molar-refractivity contribution in [1.82, 2.24) is 10.5 Å². The number of carbonyl (C=O) groups is 1. The Bertz CT molecular complexity index is 1170. The second-order valence-electron chi connectivity index (χ2n) is 6.78. The lowest BCUT2D eigenvalue weighted by atomic mass is 9.94. The number of rotatable bonds is 10. The normalized spacial score (nSPS) is 12.2. The molecule has 0 fully saturated rings. The first kappa shape index (κ1) is 25.1. The fraction of sp³-hybridized carbons (Fsp3) is 0.278. The Balaban J connectivity index is 2.40. The van der Waals surface area contributed by atoms with Gasteiger partial charge in [0.1, 0.15) is 11.5 Å². The van der Waals surface area contributed by atoms with Crippen LogP contribution in [-0.4, -0.2) is 31.9 Å². The number of primary amides is 1. The van der Waals surface area contributed by atoms with Crippen LogP contribution < -0.4 is 27.2 Å². The van der Waals surface area contributed by atoms with Crippen molar-refractivity contribution in [3.05, 3.63) is 62.3 Å². The van der Waals surface area contributed by atoms with Crippen molar-refractivity contribution in [1.29, 1.82) is 5.41 Å². The minimum atomic E-state index is -4.32. The number of hydrogen-bond acceptors (Lipinski definition) is 6. The average Bonchev–Trinajstić information content (AvgIpc) is 2.66. The summed E-state index contributed by atoms with van der Waals surface area (Å²) in [6, 6.07) is 5.10. The first-order valence-electron chi connectivity index (χ1n) is 9.09. The van der Waals surface area contributed by atoms with E-state index < -0.39 is 50.6 Å². The molecule has 0 saturated heterocycles. The monoisotopic (exact) mass is 488 g/mol. The zero-order chi connectivity index (χ0) is 24.1. The number of guanidine groups is 1. The number of aryl methyl sites for hydroxylation is 1. The molecule has 1 amide bonds. The Hall–Kier alpha value is -3.16. The van der Waals surface area contributed by atoms with Crippen LogP contribution in [0.4, 0.5) is 10.1 Å². The number of sulfonamides is 1. The summed E-state index contributed by atoms with van der Waals surface area (Å²) in [6.45, 7) is 1.39. The number of carbonyl (C=O) groups excluding carboxylic acids is 1. The van der Waals surface area contributed by atoms with Gasteiger partial charge in [0.05, 0.1) is 18.3 Å². The summed E-state index contributed by atoms with van der Waals surface area (Å²) in [4.78, 5) is 32.0. The molecule has 0 saturated carbocycles. The molecular weight excluding hydrogens is 467 g/mol. The van der Waals surface area contributed by atoms with E-state index in [1.54, 1.807) is 0 Å². The Morgan fingerprint density at radius 3 is 2.66 bits per heavy atom. The largest absolute Gasteiger partial charge is 0.369 e. The lowest BCUT2D eigenvalue weighted by Gasteiger charge is -2.19. The number of nitrogens with one attached hydrogen (secondary N) is 4. The summed E-state index contributed by atoms with van der Waals surface area (Å²) in [5.41, 5.74) is 11.5. The molecular formula is C18H22ClFN6O5S. The number of hydrogen-bond donors (Lipinski definition) is 6. The van der Waals surface area contributed by atoms with Crippen LogP contribution in [0.3, 0.4) is 0 Å². The fourth-order valence-corrected chi connectivity index (χ4v) is 4.48. The van der Waals surface area contributed by atoms with Crippen LogP contribution in [0.2, 0.25) is 5.02 Å². The third kappa shape index (κ3) is 6.67. The molecule has 1 aromatic heterocycles. The minimum Gasteiger partial charge on any atom is -0.369 e. The van der Waals surface area contributed by atoms with Gasteiger partial charge in [-0.2, -0.15) is 0 Å².